The lowest BCUT2D eigenvalue weighted by Gasteiger charge is -2.34. The van der Waals surface area contributed by atoms with Gasteiger partial charge in [-0.2, -0.15) is 0 Å². The maximum absolute atomic E-state index is 12.1. The molecule has 2 aromatic rings. The molecule has 1 aliphatic rings. The lowest BCUT2D eigenvalue weighted by Crippen LogP contribution is -2.43. The summed E-state index contributed by atoms with van der Waals surface area (Å²) >= 11 is 0. The van der Waals surface area contributed by atoms with E-state index in [0.29, 0.717) is 17.7 Å². The van der Waals surface area contributed by atoms with Crippen LogP contribution in [-0.4, -0.2) is 17.6 Å². The van der Waals surface area contributed by atoms with E-state index in [1.807, 2.05) is 24.3 Å². The number of hydrogen-bond acceptors (Lipinski definition) is 3. The van der Waals surface area contributed by atoms with E-state index in [-0.39, 0.29) is 12.5 Å². The summed E-state index contributed by atoms with van der Waals surface area (Å²) in [6.45, 7) is 1.97. The van der Waals surface area contributed by atoms with E-state index >= 15 is 0 Å². The average Bonchev–Trinajstić information content (AvgIpc) is 2.92. The van der Waals surface area contributed by atoms with E-state index in [4.69, 9.17) is 4.42 Å². The molecule has 4 nitrogen and oxygen atoms in total. The van der Waals surface area contributed by atoms with Crippen LogP contribution >= 0.6 is 0 Å². The molecule has 0 saturated carbocycles. The minimum atomic E-state index is -0.984. The predicted octanol–water partition coefficient (Wildman–Crippen LogP) is 2.54. The number of hydrogen-bond donors (Lipinski definition) is 2. The van der Waals surface area contributed by atoms with Crippen LogP contribution in [-0.2, 0) is 12.0 Å². The van der Waals surface area contributed by atoms with Gasteiger partial charge in [0.05, 0.1) is 18.4 Å². The monoisotopic (exact) mass is 285 g/mol. The lowest BCUT2D eigenvalue weighted by atomic mass is 9.79. The Balaban J connectivity index is 1.76. The van der Waals surface area contributed by atoms with Crippen LogP contribution in [0.1, 0.15) is 40.1 Å². The largest absolute Gasteiger partial charge is 0.469 e. The van der Waals surface area contributed by atoms with Gasteiger partial charge >= 0.3 is 0 Å². The quantitative estimate of drug-likeness (QED) is 0.911. The molecule has 2 N–H and O–H groups in total. The molecule has 1 aromatic carbocycles. The Kier molecular flexibility index (Phi) is 3.55. The Morgan fingerprint density at radius 1 is 1.38 bits per heavy atom. The third-order valence-electron chi connectivity index (χ3n) is 4.20. The molecule has 0 radical (unpaired) electrons. The van der Waals surface area contributed by atoms with Crippen LogP contribution in [0.25, 0.3) is 0 Å². The fourth-order valence-electron chi connectivity index (χ4n) is 3.02. The zero-order valence-electron chi connectivity index (χ0n) is 12.1. The number of nitrogens with one attached hydrogen (secondary N) is 1. The first-order valence-electron chi connectivity index (χ1n) is 7.23. The lowest BCUT2D eigenvalue weighted by molar-refractivity contribution is 0.0189. The van der Waals surface area contributed by atoms with Gasteiger partial charge in [-0.05, 0) is 43.4 Å². The Hall–Kier alpha value is -2.07. The zero-order valence-corrected chi connectivity index (χ0v) is 12.1. The zero-order chi connectivity index (χ0) is 14.9. The summed E-state index contributed by atoms with van der Waals surface area (Å²) in [4.78, 5) is 12.1. The molecule has 0 spiro atoms. The highest BCUT2D eigenvalue weighted by atomic mass is 16.3. The Morgan fingerprint density at radius 2 is 2.19 bits per heavy atom. The van der Waals surface area contributed by atoms with Gasteiger partial charge in [0, 0.05) is 0 Å². The molecule has 4 heteroatoms. The highest BCUT2D eigenvalue weighted by Gasteiger charge is 2.34. The van der Waals surface area contributed by atoms with Gasteiger partial charge in [-0.25, -0.2) is 0 Å². The van der Waals surface area contributed by atoms with Gasteiger partial charge in [-0.15, -0.1) is 0 Å². The number of rotatable bonds is 3. The molecule has 110 valence electrons. The second kappa shape index (κ2) is 5.37. The highest BCUT2D eigenvalue weighted by molar-refractivity contribution is 5.95. The molecule has 1 amide bonds. The van der Waals surface area contributed by atoms with Gasteiger partial charge in [-0.3, -0.25) is 4.79 Å². The minimum absolute atomic E-state index is 0.210. The summed E-state index contributed by atoms with van der Waals surface area (Å²) in [7, 11) is 0. The van der Waals surface area contributed by atoms with Crippen molar-refractivity contribution in [2.75, 3.05) is 6.54 Å². The Morgan fingerprint density at radius 3 is 2.95 bits per heavy atom. The third kappa shape index (κ3) is 2.59. The molecule has 0 aliphatic heterocycles. The van der Waals surface area contributed by atoms with Gasteiger partial charge in [0.15, 0.2) is 0 Å². The summed E-state index contributed by atoms with van der Waals surface area (Å²) in [5, 5.41) is 13.7. The van der Waals surface area contributed by atoms with Crippen molar-refractivity contribution < 1.29 is 14.3 Å². The normalized spacial score (nSPS) is 20.9. The average molecular weight is 285 g/mol. The summed E-state index contributed by atoms with van der Waals surface area (Å²) in [5.41, 5.74) is 1.63. The number of furan rings is 1. The Bertz CT molecular complexity index is 662. The minimum Gasteiger partial charge on any atom is -0.469 e. The number of aliphatic hydroxyl groups is 1. The van der Waals surface area contributed by atoms with Crippen molar-refractivity contribution in [3.8, 4) is 0 Å². The molecular formula is C17H19NO3. The molecule has 1 heterocycles. The van der Waals surface area contributed by atoms with E-state index in [0.717, 1.165) is 18.4 Å². The summed E-state index contributed by atoms with van der Waals surface area (Å²) in [5.74, 6) is 0.376. The number of fused-ring (bicyclic) bond motifs is 1. The van der Waals surface area contributed by atoms with Crippen LogP contribution in [0.15, 0.2) is 41.0 Å². The molecule has 1 aromatic heterocycles. The fourth-order valence-corrected chi connectivity index (χ4v) is 3.02. The highest BCUT2D eigenvalue weighted by Crippen LogP contribution is 2.34. The second-order valence-corrected chi connectivity index (χ2v) is 5.62. The van der Waals surface area contributed by atoms with Gasteiger partial charge < -0.3 is 14.8 Å². The summed E-state index contributed by atoms with van der Waals surface area (Å²) in [6.07, 6.45) is 4.06. The van der Waals surface area contributed by atoms with Gasteiger partial charge in [0.2, 0.25) is 0 Å². The van der Waals surface area contributed by atoms with Gasteiger partial charge in [0.25, 0.3) is 5.91 Å². The van der Waals surface area contributed by atoms with Crippen molar-refractivity contribution in [1.29, 1.82) is 0 Å². The third-order valence-corrected chi connectivity index (χ3v) is 4.20. The molecule has 21 heavy (non-hydrogen) atoms. The maximum Gasteiger partial charge on any atom is 0.254 e. The molecule has 0 fully saturated rings. The molecule has 1 aliphatic carbocycles. The van der Waals surface area contributed by atoms with Gasteiger partial charge in [-0.1, -0.05) is 24.3 Å². The van der Waals surface area contributed by atoms with Crippen LogP contribution in [0.4, 0.5) is 0 Å². The first-order chi connectivity index (χ1) is 10.1. The van der Waals surface area contributed by atoms with Crippen LogP contribution in [0, 0.1) is 6.92 Å². The van der Waals surface area contributed by atoms with Crippen molar-refractivity contribution in [3.05, 3.63) is 59.0 Å². The van der Waals surface area contributed by atoms with Crippen LogP contribution in [0.3, 0.4) is 0 Å². The van der Waals surface area contributed by atoms with E-state index in [9.17, 15) is 9.90 Å². The summed E-state index contributed by atoms with van der Waals surface area (Å²) < 4.78 is 5.14. The van der Waals surface area contributed by atoms with Crippen molar-refractivity contribution in [2.45, 2.75) is 31.8 Å². The smallest absolute Gasteiger partial charge is 0.254 e. The van der Waals surface area contributed by atoms with E-state index < -0.39 is 5.60 Å². The molecule has 1 unspecified atom stereocenters. The summed E-state index contributed by atoms with van der Waals surface area (Å²) in [6, 6.07) is 9.55. The standard InChI is InChI=1S/C17H19NO3/c1-12-14(8-10-21-12)16(19)18-11-17(20)9-4-6-13-5-2-3-7-15(13)17/h2-3,5,7-8,10,20H,4,6,9,11H2,1H3,(H,18,19). The van der Waals surface area contributed by atoms with Crippen LogP contribution in [0.2, 0.25) is 0 Å². The number of carbonyl (C=O) groups is 1. The van der Waals surface area contributed by atoms with E-state index in [2.05, 4.69) is 5.32 Å². The number of aryl methyl sites for hydroxylation is 2. The molecule has 0 saturated heterocycles. The van der Waals surface area contributed by atoms with Crippen molar-refractivity contribution >= 4 is 5.91 Å². The first-order valence-corrected chi connectivity index (χ1v) is 7.23. The number of carbonyl (C=O) groups excluding carboxylic acids is 1. The molecule has 1 atom stereocenters. The second-order valence-electron chi connectivity index (χ2n) is 5.62. The Labute approximate surface area is 123 Å². The molecule has 3 rings (SSSR count). The fraction of sp³-hybridized carbons (Fsp3) is 0.353. The SMILES string of the molecule is Cc1occc1C(=O)NCC1(O)CCCc2ccccc21. The molecule has 0 bridgehead atoms. The van der Waals surface area contributed by atoms with Crippen LogP contribution in [0.5, 0.6) is 0 Å². The number of amides is 1. The van der Waals surface area contributed by atoms with Gasteiger partial charge in [0.1, 0.15) is 11.4 Å². The maximum atomic E-state index is 12.1. The predicted molar refractivity (Wildman–Crippen MR) is 79.1 cm³/mol. The van der Waals surface area contributed by atoms with Crippen molar-refractivity contribution in [1.82, 2.24) is 5.32 Å². The topological polar surface area (TPSA) is 62.5 Å². The van der Waals surface area contributed by atoms with E-state index in [1.165, 1.54) is 11.8 Å². The first kappa shape index (κ1) is 13.9. The molecular weight excluding hydrogens is 266 g/mol. The van der Waals surface area contributed by atoms with E-state index in [1.54, 1.807) is 13.0 Å². The van der Waals surface area contributed by atoms with Crippen LogP contribution < -0.4 is 5.32 Å². The number of benzene rings is 1. The van der Waals surface area contributed by atoms with Crippen molar-refractivity contribution in [2.24, 2.45) is 0 Å². The van der Waals surface area contributed by atoms with Crippen molar-refractivity contribution in [3.63, 3.8) is 0 Å².